The molecule has 0 nitrogen and oxygen atoms in total. The fraction of sp³-hybridized carbons (Fsp3) is 0.571. The highest BCUT2D eigenvalue weighted by Gasteiger charge is 2.42. The van der Waals surface area contributed by atoms with Crippen molar-refractivity contribution in [3.63, 3.8) is 0 Å². The Morgan fingerprint density at radius 3 is 2.07 bits per heavy atom. The molecule has 2 aromatic rings. The number of rotatable bonds is 4. The maximum Gasteiger partial charge on any atom is 0.127 e. The van der Waals surface area contributed by atoms with Crippen LogP contribution in [0.15, 0.2) is 36.4 Å². The zero-order chi connectivity index (χ0) is 22.1. The van der Waals surface area contributed by atoms with Gasteiger partial charge in [0.1, 0.15) is 5.82 Å². The van der Waals surface area contributed by atoms with Gasteiger partial charge in [0.05, 0.1) is 0 Å². The van der Waals surface area contributed by atoms with Crippen LogP contribution in [0.1, 0.15) is 89.5 Å². The van der Waals surface area contributed by atoms with Gasteiger partial charge >= 0.3 is 0 Å². The van der Waals surface area contributed by atoms with Crippen molar-refractivity contribution >= 4 is 11.6 Å². The highest BCUT2D eigenvalue weighted by Crippen LogP contribution is 2.49. The van der Waals surface area contributed by atoms with Crippen LogP contribution < -0.4 is 0 Å². The molecule has 0 radical (unpaired) electrons. The summed E-state index contributed by atoms with van der Waals surface area (Å²) < 4.78 is 13.9. The molecule has 0 spiro atoms. The summed E-state index contributed by atoms with van der Waals surface area (Å²) in [5.41, 5.74) is 5.59. The average Bonchev–Trinajstić information content (AvgIpc) is 3.30. The Balaban J connectivity index is 0.000000171. The van der Waals surface area contributed by atoms with Gasteiger partial charge in [-0.1, -0.05) is 77.4 Å². The van der Waals surface area contributed by atoms with Gasteiger partial charge in [0, 0.05) is 10.4 Å². The summed E-state index contributed by atoms with van der Waals surface area (Å²) >= 11 is 6.26. The van der Waals surface area contributed by atoms with Crippen LogP contribution in [0.25, 0.3) is 0 Å². The van der Waals surface area contributed by atoms with Crippen LogP contribution in [0.5, 0.6) is 0 Å². The van der Waals surface area contributed by atoms with Crippen molar-refractivity contribution in [2.45, 2.75) is 90.9 Å². The maximum atomic E-state index is 13.9. The third-order valence-corrected chi connectivity index (χ3v) is 8.74. The Labute approximate surface area is 188 Å². The summed E-state index contributed by atoms with van der Waals surface area (Å²) in [6.07, 6.45) is 6.83. The third-order valence-electron chi connectivity index (χ3n) is 8.39. The molecule has 2 aromatic carbocycles. The van der Waals surface area contributed by atoms with Gasteiger partial charge in [-0.15, -0.1) is 0 Å². The highest BCUT2D eigenvalue weighted by atomic mass is 35.5. The van der Waals surface area contributed by atoms with Gasteiger partial charge in [-0.25, -0.2) is 4.39 Å². The normalized spacial score (nSPS) is 24.6. The first-order valence-electron chi connectivity index (χ1n) is 11.8. The van der Waals surface area contributed by atoms with E-state index in [9.17, 15) is 4.39 Å². The molecule has 0 aromatic heterocycles. The largest absolute Gasteiger partial charge is 0.207 e. The molecule has 4 rings (SSSR count). The minimum Gasteiger partial charge on any atom is -0.207 e. The molecule has 0 N–H and O–H groups in total. The lowest BCUT2D eigenvalue weighted by molar-refractivity contribution is 0.285. The summed E-state index contributed by atoms with van der Waals surface area (Å²) in [5, 5.41) is 0.962. The number of halogens is 2. The van der Waals surface area contributed by atoms with E-state index >= 15 is 0 Å². The summed E-state index contributed by atoms with van der Waals surface area (Å²) in [6.45, 7) is 13.6. The monoisotopic (exact) mass is 428 g/mol. The Morgan fingerprint density at radius 1 is 0.867 bits per heavy atom. The van der Waals surface area contributed by atoms with Gasteiger partial charge in [-0.2, -0.15) is 0 Å². The predicted molar refractivity (Wildman–Crippen MR) is 128 cm³/mol. The van der Waals surface area contributed by atoms with E-state index in [-0.39, 0.29) is 11.2 Å². The minimum atomic E-state index is 0.000509. The van der Waals surface area contributed by atoms with Crippen LogP contribution in [0.4, 0.5) is 4.39 Å². The number of aryl methyl sites for hydroxylation is 1. The molecule has 30 heavy (non-hydrogen) atoms. The lowest BCUT2D eigenvalue weighted by Crippen LogP contribution is -2.29. The van der Waals surface area contributed by atoms with E-state index in [0.717, 1.165) is 36.3 Å². The minimum absolute atomic E-state index is 0.000509. The van der Waals surface area contributed by atoms with E-state index in [0.29, 0.717) is 17.3 Å². The second-order valence-corrected chi connectivity index (χ2v) is 10.3. The molecule has 0 amide bonds. The smallest absolute Gasteiger partial charge is 0.127 e. The van der Waals surface area contributed by atoms with Gasteiger partial charge in [0.25, 0.3) is 0 Å². The lowest BCUT2D eigenvalue weighted by atomic mass is 9.70. The van der Waals surface area contributed by atoms with Gasteiger partial charge in [0.2, 0.25) is 0 Å². The Kier molecular flexibility index (Phi) is 7.02. The van der Waals surface area contributed by atoms with Gasteiger partial charge < -0.3 is 0 Å². The zero-order valence-electron chi connectivity index (χ0n) is 19.6. The molecule has 164 valence electrons. The molecule has 0 fully saturated rings. The number of fused-ring (bicyclic) bond motifs is 2. The first-order chi connectivity index (χ1) is 14.2. The molecule has 2 aliphatic carbocycles. The van der Waals surface area contributed by atoms with Crippen molar-refractivity contribution in [3.8, 4) is 0 Å². The SMILES string of the molecule is CCC1(C(C)C)CCc2c(Cl)cccc21.CCC1(C(C)C)CCc2cccc(F)c21. The second kappa shape index (κ2) is 9.03. The Bertz CT molecular complexity index is 884. The lowest BCUT2D eigenvalue weighted by Gasteiger charge is -2.34. The number of hydrogen-bond acceptors (Lipinski definition) is 0. The molecule has 0 bridgehead atoms. The Morgan fingerprint density at radius 2 is 1.47 bits per heavy atom. The van der Waals surface area contributed by atoms with Crippen LogP contribution in [0.2, 0.25) is 5.02 Å². The van der Waals surface area contributed by atoms with E-state index in [1.54, 1.807) is 6.07 Å². The van der Waals surface area contributed by atoms with Crippen LogP contribution in [0, 0.1) is 17.7 Å². The third kappa shape index (κ3) is 3.72. The van der Waals surface area contributed by atoms with Crippen LogP contribution in [-0.4, -0.2) is 0 Å². The van der Waals surface area contributed by atoms with Crippen LogP contribution in [0.3, 0.4) is 0 Å². The summed E-state index contributed by atoms with van der Waals surface area (Å²) in [7, 11) is 0. The Hall–Kier alpha value is -1.34. The van der Waals surface area contributed by atoms with Crippen molar-refractivity contribution in [2.75, 3.05) is 0 Å². The summed E-state index contributed by atoms with van der Waals surface area (Å²) in [5.74, 6) is 1.21. The molecule has 0 saturated carbocycles. The molecule has 0 saturated heterocycles. The zero-order valence-corrected chi connectivity index (χ0v) is 20.4. The van der Waals surface area contributed by atoms with Crippen molar-refractivity contribution in [1.82, 2.24) is 0 Å². The fourth-order valence-electron chi connectivity index (χ4n) is 6.29. The van der Waals surface area contributed by atoms with E-state index in [4.69, 9.17) is 11.6 Å². The van der Waals surface area contributed by atoms with E-state index in [1.165, 1.54) is 29.5 Å². The molecule has 2 heteroatoms. The van der Waals surface area contributed by atoms with Crippen molar-refractivity contribution in [1.29, 1.82) is 0 Å². The molecule has 2 unspecified atom stereocenters. The van der Waals surface area contributed by atoms with E-state index in [2.05, 4.69) is 59.7 Å². The second-order valence-electron chi connectivity index (χ2n) is 9.87. The molecule has 2 aliphatic rings. The van der Waals surface area contributed by atoms with Crippen LogP contribution in [-0.2, 0) is 23.7 Å². The van der Waals surface area contributed by atoms with Gasteiger partial charge in [-0.3, -0.25) is 0 Å². The summed E-state index contributed by atoms with van der Waals surface area (Å²) in [4.78, 5) is 0. The quantitative estimate of drug-likeness (QED) is 0.456. The van der Waals surface area contributed by atoms with Crippen molar-refractivity contribution in [3.05, 3.63) is 69.5 Å². The van der Waals surface area contributed by atoms with Gasteiger partial charge in [0.15, 0.2) is 0 Å². The molecular weight excluding hydrogens is 391 g/mol. The average molecular weight is 429 g/mol. The van der Waals surface area contributed by atoms with Crippen molar-refractivity contribution in [2.24, 2.45) is 11.8 Å². The molecular formula is C28H38ClF. The highest BCUT2D eigenvalue weighted by molar-refractivity contribution is 6.31. The molecule has 0 heterocycles. The predicted octanol–water partition coefficient (Wildman–Crippen LogP) is 8.67. The van der Waals surface area contributed by atoms with Crippen molar-refractivity contribution < 1.29 is 4.39 Å². The fourth-order valence-corrected chi connectivity index (χ4v) is 6.56. The summed E-state index contributed by atoms with van der Waals surface area (Å²) in [6, 6.07) is 11.9. The van der Waals surface area contributed by atoms with E-state index in [1.807, 2.05) is 12.1 Å². The maximum absolute atomic E-state index is 13.9. The number of hydrogen-bond donors (Lipinski definition) is 0. The first kappa shape index (κ1) is 23.3. The number of benzene rings is 2. The molecule has 0 aliphatic heterocycles. The molecule has 2 atom stereocenters. The topological polar surface area (TPSA) is 0 Å². The first-order valence-corrected chi connectivity index (χ1v) is 12.2. The van der Waals surface area contributed by atoms with Gasteiger partial charge in [-0.05, 0) is 90.2 Å². The standard InChI is InChI=1S/C14H19Cl.C14H19F/c1-4-14(10(2)3)9-8-11-12(14)6-5-7-13(11)15;1-4-14(10(2)3)9-8-11-6-5-7-12(15)13(11)14/h2*5-7,10H,4,8-9H2,1-3H3. The van der Waals surface area contributed by atoms with Crippen LogP contribution >= 0.6 is 11.6 Å². The van der Waals surface area contributed by atoms with E-state index < -0.39 is 0 Å².